The average Bonchev–Trinajstić information content (AvgIpc) is 2.45. The standard InChI is InChI=1S/C7H7IN2O3/c8-5-4-3-13-2-1-10(4)9-6(5)7(11)12/h1-3H2,(H,11,12). The number of halogens is 1. The van der Waals surface area contributed by atoms with Crippen LogP contribution in [0.5, 0.6) is 0 Å². The zero-order valence-corrected chi connectivity index (χ0v) is 8.81. The minimum Gasteiger partial charge on any atom is -0.476 e. The lowest BCUT2D eigenvalue weighted by molar-refractivity contribution is 0.0684. The lowest BCUT2D eigenvalue weighted by atomic mass is 10.3. The van der Waals surface area contributed by atoms with Gasteiger partial charge in [-0.2, -0.15) is 5.10 Å². The maximum atomic E-state index is 10.7. The summed E-state index contributed by atoms with van der Waals surface area (Å²) in [6, 6.07) is 0. The fourth-order valence-electron chi connectivity index (χ4n) is 1.25. The molecule has 13 heavy (non-hydrogen) atoms. The summed E-state index contributed by atoms with van der Waals surface area (Å²) in [5.74, 6) is -0.980. The van der Waals surface area contributed by atoms with Gasteiger partial charge in [-0.3, -0.25) is 4.68 Å². The molecular formula is C7H7IN2O3. The summed E-state index contributed by atoms with van der Waals surface area (Å²) in [5, 5.41) is 12.8. The van der Waals surface area contributed by atoms with Crippen LogP contribution < -0.4 is 0 Å². The third kappa shape index (κ3) is 1.44. The molecule has 2 heterocycles. The van der Waals surface area contributed by atoms with E-state index in [1.165, 1.54) is 0 Å². The fourth-order valence-corrected chi connectivity index (χ4v) is 2.03. The second-order valence-electron chi connectivity index (χ2n) is 2.69. The molecule has 1 aliphatic rings. The number of hydrogen-bond donors (Lipinski definition) is 1. The van der Waals surface area contributed by atoms with Gasteiger partial charge in [-0.05, 0) is 22.6 Å². The molecule has 70 valence electrons. The van der Waals surface area contributed by atoms with Gasteiger partial charge in [-0.15, -0.1) is 0 Å². The summed E-state index contributed by atoms with van der Waals surface area (Å²) in [7, 11) is 0. The summed E-state index contributed by atoms with van der Waals surface area (Å²) < 4.78 is 7.60. The monoisotopic (exact) mass is 294 g/mol. The molecule has 0 saturated carbocycles. The number of hydrogen-bond acceptors (Lipinski definition) is 3. The molecule has 1 aromatic rings. The third-order valence-electron chi connectivity index (χ3n) is 1.88. The molecule has 0 amide bonds. The van der Waals surface area contributed by atoms with E-state index < -0.39 is 5.97 Å². The van der Waals surface area contributed by atoms with Crippen LogP contribution in [0, 0.1) is 3.57 Å². The zero-order chi connectivity index (χ0) is 9.42. The van der Waals surface area contributed by atoms with Crippen LogP contribution in [-0.4, -0.2) is 27.5 Å². The topological polar surface area (TPSA) is 64.3 Å². The highest BCUT2D eigenvalue weighted by Crippen LogP contribution is 2.20. The lowest BCUT2D eigenvalue weighted by Crippen LogP contribution is -2.17. The number of carboxylic acid groups (broad SMARTS) is 1. The number of aromatic nitrogens is 2. The number of rotatable bonds is 1. The maximum absolute atomic E-state index is 10.7. The van der Waals surface area contributed by atoms with E-state index >= 15 is 0 Å². The molecular weight excluding hydrogens is 287 g/mol. The highest BCUT2D eigenvalue weighted by molar-refractivity contribution is 14.1. The minimum atomic E-state index is -0.980. The normalized spacial score (nSPS) is 15.5. The van der Waals surface area contributed by atoms with E-state index in [0.717, 1.165) is 5.69 Å². The first kappa shape index (κ1) is 8.95. The van der Waals surface area contributed by atoms with Crippen molar-refractivity contribution in [2.75, 3.05) is 6.61 Å². The Morgan fingerprint density at radius 2 is 2.46 bits per heavy atom. The summed E-state index contributed by atoms with van der Waals surface area (Å²) in [5.41, 5.74) is 0.991. The molecule has 0 fully saturated rings. The second kappa shape index (κ2) is 3.26. The Balaban J connectivity index is 2.50. The van der Waals surface area contributed by atoms with E-state index in [1.54, 1.807) is 4.68 Å². The first-order valence-electron chi connectivity index (χ1n) is 3.76. The van der Waals surface area contributed by atoms with E-state index in [2.05, 4.69) is 5.10 Å². The molecule has 6 heteroatoms. The number of nitrogens with zero attached hydrogens (tertiary/aromatic N) is 2. The van der Waals surface area contributed by atoms with E-state index in [9.17, 15) is 4.79 Å². The predicted octanol–water partition coefficient (Wildman–Crippen LogP) is 0.716. The van der Waals surface area contributed by atoms with Crippen LogP contribution in [0.3, 0.4) is 0 Å². The smallest absolute Gasteiger partial charge is 0.357 e. The molecule has 0 saturated heterocycles. The molecule has 0 radical (unpaired) electrons. The highest BCUT2D eigenvalue weighted by atomic mass is 127. The van der Waals surface area contributed by atoms with Crippen LogP contribution >= 0.6 is 22.6 Å². The van der Waals surface area contributed by atoms with E-state index in [1.807, 2.05) is 22.6 Å². The van der Waals surface area contributed by atoms with Crippen LogP contribution in [0.1, 0.15) is 16.2 Å². The van der Waals surface area contributed by atoms with Crippen molar-refractivity contribution in [3.05, 3.63) is 15.0 Å². The SMILES string of the molecule is O=C(O)c1nn2c(c1I)COCC2. The zero-order valence-electron chi connectivity index (χ0n) is 6.66. The Kier molecular flexibility index (Phi) is 2.24. The molecule has 0 spiro atoms. The summed E-state index contributed by atoms with van der Waals surface area (Å²) in [6.45, 7) is 1.70. The van der Waals surface area contributed by atoms with Gasteiger partial charge in [-0.25, -0.2) is 4.79 Å². The van der Waals surface area contributed by atoms with Gasteiger partial charge in [0.05, 0.1) is 29.0 Å². The maximum Gasteiger partial charge on any atom is 0.357 e. The Bertz CT molecular complexity index is 361. The van der Waals surface area contributed by atoms with Crippen LogP contribution in [0.4, 0.5) is 0 Å². The quantitative estimate of drug-likeness (QED) is 0.775. The highest BCUT2D eigenvalue weighted by Gasteiger charge is 2.22. The van der Waals surface area contributed by atoms with Gasteiger partial charge in [0, 0.05) is 0 Å². The van der Waals surface area contributed by atoms with Crippen molar-refractivity contribution in [1.29, 1.82) is 0 Å². The van der Waals surface area contributed by atoms with Crippen molar-refractivity contribution in [2.45, 2.75) is 13.2 Å². The van der Waals surface area contributed by atoms with Gasteiger partial charge < -0.3 is 9.84 Å². The van der Waals surface area contributed by atoms with Gasteiger partial charge in [0.1, 0.15) is 0 Å². The number of aromatic carboxylic acids is 1. The van der Waals surface area contributed by atoms with Crippen LogP contribution in [0.15, 0.2) is 0 Å². The fraction of sp³-hybridized carbons (Fsp3) is 0.429. The number of carboxylic acids is 1. The number of carbonyl (C=O) groups is 1. The van der Waals surface area contributed by atoms with Crippen LogP contribution in [0.2, 0.25) is 0 Å². The first-order valence-corrected chi connectivity index (χ1v) is 4.84. The van der Waals surface area contributed by atoms with Crippen molar-refractivity contribution in [1.82, 2.24) is 9.78 Å². The molecule has 0 atom stereocenters. The van der Waals surface area contributed by atoms with E-state index in [4.69, 9.17) is 9.84 Å². The van der Waals surface area contributed by atoms with Gasteiger partial charge in [0.15, 0.2) is 5.69 Å². The summed E-state index contributed by atoms with van der Waals surface area (Å²) in [4.78, 5) is 10.7. The van der Waals surface area contributed by atoms with Gasteiger partial charge >= 0.3 is 5.97 Å². The van der Waals surface area contributed by atoms with Gasteiger partial charge in [-0.1, -0.05) is 0 Å². The molecule has 0 bridgehead atoms. The Morgan fingerprint density at radius 3 is 3.08 bits per heavy atom. The van der Waals surface area contributed by atoms with Gasteiger partial charge in [0.2, 0.25) is 0 Å². The average molecular weight is 294 g/mol. The van der Waals surface area contributed by atoms with Crippen molar-refractivity contribution in [3.8, 4) is 0 Å². The Hall–Kier alpha value is -0.630. The summed E-state index contributed by atoms with van der Waals surface area (Å²) >= 11 is 1.99. The second-order valence-corrected chi connectivity index (χ2v) is 3.77. The van der Waals surface area contributed by atoms with Crippen molar-refractivity contribution >= 4 is 28.6 Å². The molecule has 1 aromatic heterocycles. The third-order valence-corrected chi connectivity index (χ3v) is 3.02. The predicted molar refractivity (Wildman–Crippen MR) is 51.6 cm³/mol. The van der Waals surface area contributed by atoms with E-state index in [0.29, 0.717) is 23.3 Å². The lowest BCUT2D eigenvalue weighted by Gasteiger charge is -2.13. The van der Waals surface area contributed by atoms with Crippen LogP contribution in [-0.2, 0) is 17.9 Å². The number of ether oxygens (including phenoxy) is 1. The summed E-state index contributed by atoms with van der Waals surface area (Å²) in [6.07, 6.45) is 0. The van der Waals surface area contributed by atoms with Crippen molar-refractivity contribution < 1.29 is 14.6 Å². The molecule has 5 nitrogen and oxygen atoms in total. The number of fused-ring (bicyclic) bond motifs is 1. The van der Waals surface area contributed by atoms with Crippen molar-refractivity contribution in [2.24, 2.45) is 0 Å². The Labute approximate surface area is 87.8 Å². The molecule has 1 aliphatic heterocycles. The largest absolute Gasteiger partial charge is 0.476 e. The molecule has 2 rings (SSSR count). The van der Waals surface area contributed by atoms with Crippen molar-refractivity contribution in [3.63, 3.8) is 0 Å². The minimum absolute atomic E-state index is 0.126. The molecule has 0 aliphatic carbocycles. The Morgan fingerprint density at radius 1 is 1.69 bits per heavy atom. The molecule has 1 N–H and O–H groups in total. The van der Waals surface area contributed by atoms with Crippen LogP contribution in [0.25, 0.3) is 0 Å². The molecule has 0 aromatic carbocycles. The van der Waals surface area contributed by atoms with E-state index in [-0.39, 0.29) is 5.69 Å². The first-order chi connectivity index (χ1) is 6.20. The van der Waals surface area contributed by atoms with Gasteiger partial charge in [0.25, 0.3) is 0 Å². The molecule has 0 unspecified atom stereocenters.